The third-order valence-corrected chi connectivity index (χ3v) is 3.50. The molecular formula is C14H18N2O. The molecule has 0 saturated carbocycles. The maximum absolute atomic E-state index is 5.69. The smallest absolute Gasteiger partial charge is 0.0754 e. The van der Waals surface area contributed by atoms with Gasteiger partial charge in [-0.05, 0) is 35.9 Å². The standard InChI is InChI=1S/C14H18N2O/c15-9-11-3-4-12-5-6-16(14(12)8-11)10-13-2-1-7-17-13/h3-6,8,13H,1-2,7,9-10,15H2. The highest BCUT2D eigenvalue weighted by Crippen LogP contribution is 2.21. The number of ether oxygens (including phenoxy) is 1. The normalized spacial score (nSPS) is 20.2. The van der Waals surface area contributed by atoms with Crippen LogP contribution in [0.5, 0.6) is 0 Å². The van der Waals surface area contributed by atoms with Crippen LogP contribution in [0.4, 0.5) is 0 Å². The van der Waals surface area contributed by atoms with Gasteiger partial charge in [0, 0.05) is 31.4 Å². The molecule has 0 bridgehead atoms. The van der Waals surface area contributed by atoms with Crippen molar-refractivity contribution in [3.8, 4) is 0 Å². The molecule has 0 aliphatic carbocycles. The summed E-state index contributed by atoms with van der Waals surface area (Å²) in [4.78, 5) is 0. The van der Waals surface area contributed by atoms with E-state index in [1.165, 1.54) is 29.3 Å². The highest BCUT2D eigenvalue weighted by atomic mass is 16.5. The highest BCUT2D eigenvalue weighted by Gasteiger charge is 2.16. The summed E-state index contributed by atoms with van der Waals surface area (Å²) >= 11 is 0. The van der Waals surface area contributed by atoms with E-state index < -0.39 is 0 Å². The largest absolute Gasteiger partial charge is 0.376 e. The molecule has 1 aromatic heterocycles. The van der Waals surface area contributed by atoms with E-state index in [9.17, 15) is 0 Å². The monoisotopic (exact) mass is 230 g/mol. The Balaban J connectivity index is 1.92. The van der Waals surface area contributed by atoms with Gasteiger partial charge in [-0.25, -0.2) is 0 Å². The van der Waals surface area contributed by atoms with Gasteiger partial charge in [0.15, 0.2) is 0 Å². The lowest BCUT2D eigenvalue weighted by atomic mass is 10.1. The molecule has 1 atom stereocenters. The highest BCUT2D eigenvalue weighted by molar-refractivity contribution is 5.80. The molecule has 17 heavy (non-hydrogen) atoms. The number of nitrogens with zero attached hydrogens (tertiary/aromatic N) is 1. The van der Waals surface area contributed by atoms with E-state index in [0.717, 1.165) is 13.2 Å². The first kappa shape index (κ1) is 10.8. The lowest BCUT2D eigenvalue weighted by Gasteiger charge is -2.12. The minimum Gasteiger partial charge on any atom is -0.376 e. The summed E-state index contributed by atoms with van der Waals surface area (Å²) in [5.74, 6) is 0. The van der Waals surface area contributed by atoms with Crippen LogP contribution in [0.1, 0.15) is 18.4 Å². The molecule has 2 aromatic rings. The SMILES string of the molecule is NCc1ccc2ccn(CC3CCCO3)c2c1. The van der Waals surface area contributed by atoms with Gasteiger partial charge in [0.2, 0.25) is 0 Å². The summed E-state index contributed by atoms with van der Waals surface area (Å²) in [6.45, 7) is 2.47. The van der Waals surface area contributed by atoms with Crippen LogP contribution in [0.3, 0.4) is 0 Å². The third kappa shape index (κ3) is 2.08. The molecule has 1 aliphatic rings. The molecule has 0 amide bonds. The second-order valence-corrected chi connectivity index (χ2v) is 4.70. The van der Waals surface area contributed by atoms with Gasteiger partial charge in [0.1, 0.15) is 0 Å². The van der Waals surface area contributed by atoms with E-state index in [0.29, 0.717) is 12.6 Å². The summed E-state index contributed by atoms with van der Waals surface area (Å²) in [6, 6.07) is 8.58. The molecule has 2 heterocycles. The van der Waals surface area contributed by atoms with Crippen molar-refractivity contribution < 1.29 is 4.74 Å². The summed E-state index contributed by atoms with van der Waals surface area (Å²) in [7, 11) is 0. The van der Waals surface area contributed by atoms with Gasteiger partial charge >= 0.3 is 0 Å². The van der Waals surface area contributed by atoms with Crippen LogP contribution in [0.25, 0.3) is 10.9 Å². The van der Waals surface area contributed by atoms with Gasteiger partial charge in [-0.2, -0.15) is 0 Å². The van der Waals surface area contributed by atoms with Crippen LogP contribution in [0.15, 0.2) is 30.5 Å². The first-order chi connectivity index (χ1) is 8.36. The molecule has 3 rings (SSSR count). The lowest BCUT2D eigenvalue weighted by molar-refractivity contribution is 0.0980. The minimum atomic E-state index is 0.382. The fraction of sp³-hybridized carbons (Fsp3) is 0.429. The molecule has 3 heteroatoms. The number of hydrogen-bond acceptors (Lipinski definition) is 2. The number of benzene rings is 1. The fourth-order valence-electron chi connectivity index (χ4n) is 2.52. The van der Waals surface area contributed by atoms with E-state index in [-0.39, 0.29) is 0 Å². The summed E-state index contributed by atoms with van der Waals surface area (Å²) in [6.07, 6.45) is 4.90. The molecular weight excluding hydrogens is 212 g/mol. The molecule has 1 aliphatic heterocycles. The summed E-state index contributed by atoms with van der Waals surface area (Å²) in [5.41, 5.74) is 8.14. The quantitative estimate of drug-likeness (QED) is 0.878. The Hall–Kier alpha value is -1.32. The first-order valence-electron chi connectivity index (χ1n) is 6.26. The topological polar surface area (TPSA) is 40.2 Å². The van der Waals surface area contributed by atoms with Crippen LogP contribution in [0.2, 0.25) is 0 Å². The summed E-state index contributed by atoms with van der Waals surface area (Å²) < 4.78 is 7.97. The Labute approximate surface area is 101 Å². The maximum Gasteiger partial charge on any atom is 0.0754 e. The number of rotatable bonds is 3. The molecule has 1 aromatic carbocycles. The van der Waals surface area contributed by atoms with Crippen molar-refractivity contribution in [1.29, 1.82) is 0 Å². The van der Waals surface area contributed by atoms with Crippen molar-refractivity contribution in [3.63, 3.8) is 0 Å². The zero-order chi connectivity index (χ0) is 11.7. The summed E-state index contributed by atoms with van der Waals surface area (Å²) in [5, 5.41) is 1.28. The van der Waals surface area contributed by atoms with E-state index >= 15 is 0 Å². The van der Waals surface area contributed by atoms with Crippen molar-refractivity contribution in [2.24, 2.45) is 5.73 Å². The van der Waals surface area contributed by atoms with Crippen molar-refractivity contribution in [3.05, 3.63) is 36.0 Å². The Morgan fingerprint density at radius 3 is 3.06 bits per heavy atom. The van der Waals surface area contributed by atoms with Gasteiger partial charge in [0.05, 0.1) is 6.10 Å². The van der Waals surface area contributed by atoms with Crippen LogP contribution in [-0.2, 0) is 17.8 Å². The van der Waals surface area contributed by atoms with Crippen molar-refractivity contribution >= 4 is 10.9 Å². The van der Waals surface area contributed by atoms with E-state index in [1.807, 2.05) is 0 Å². The second kappa shape index (κ2) is 4.51. The van der Waals surface area contributed by atoms with Crippen molar-refractivity contribution in [2.75, 3.05) is 6.61 Å². The van der Waals surface area contributed by atoms with E-state index in [4.69, 9.17) is 10.5 Å². The number of hydrogen-bond donors (Lipinski definition) is 1. The Bertz CT molecular complexity index is 512. The first-order valence-corrected chi connectivity index (χ1v) is 6.26. The number of fused-ring (bicyclic) bond motifs is 1. The number of nitrogens with two attached hydrogens (primary N) is 1. The Morgan fingerprint density at radius 2 is 2.29 bits per heavy atom. The predicted molar refractivity (Wildman–Crippen MR) is 68.8 cm³/mol. The van der Waals surface area contributed by atoms with Crippen molar-refractivity contribution in [2.45, 2.75) is 32.0 Å². The minimum absolute atomic E-state index is 0.382. The number of aromatic nitrogens is 1. The maximum atomic E-state index is 5.69. The van der Waals surface area contributed by atoms with Gasteiger partial charge < -0.3 is 15.0 Å². The third-order valence-electron chi connectivity index (χ3n) is 3.50. The molecule has 1 unspecified atom stereocenters. The molecule has 0 radical (unpaired) electrons. The zero-order valence-corrected chi connectivity index (χ0v) is 9.93. The molecule has 0 spiro atoms. The molecule has 2 N–H and O–H groups in total. The fourth-order valence-corrected chi connectivity index (χ4v) is 2.52. The lowest BCUT2D eigenvalue weighted by Crippen LogP contribution is -2.14. The average molecular weight is 230 g/mol. The van der Waals surface area contributed by atoms with Gasteiger partial charge in [-0.3, -0.25) is 0 Å². The Kier molecular flexibility index (Phi) is 2.87. The van der Waals surface area contributed by atoms with Crippen molar-refractivity contribution in [1.82, 2.24) is 4.57 Å². The van der Waals surface area contributed by atoms with Gasteiger partial charge in [-0.1, -0.05) is 12.1 Å². The molecule has 3 nitrogen and oxygen atoms in total. The van der Waals surface area contributed by atoms with Gasteiger partial charge in [0.25, 0.3) is 0 Å². The van der Waals surface area contributed by atoms with Gasteiger partial charge in [-0.15, -0.1) is 0 Å². The van der Waals surface area contributed by atoms with Crippen LogP contribution in [-0.4, -0.2) is 17.3 Å². The van der Waals surface area contributed by atoms with Crippen LogP contribution >= 0.6 is 0 Å². The Morgan fingerprint density at radius 1 is 1.35 bits per heavy atom. The van der Waals surface area contributed by atoms with Crippen LogP contribution < -0.4 is 5.73 Å². The average Bonchev–Trinajstić information content (AvgIpc) is 2.99. The van der Waals surface area contributed by atoms with E-state index in [1.54, 1.807) is 0 Å². The molecule has 1 saturated heterocycles. The molecule has 90 valence electrons. The predicted octanol–water partition coefficient (Wildman–Crippen LogP) is 2.28. The molecule has 1 fully saturated rings. The zero-order valence-electron chi connectivity index (χ0n) is 9.93. The van der Waals surface area contributed by atoms with Crippen LogP contribution in [0, 0.1) is 0 Å². The second-order valence-electron chi connectivity index (χ2n) is 4.70. The van der Waals surface area contributed by atoms with E-state index in [2.05, 4.69) is 35.0 Å².